The van der Waals surface area contributed by atoms with E-state index in [0.717, 1.165) is 28.2 Å². The Bertz CT molecular complexity index is 791. The lowest BCUT2D eigenvalue weighted by atomic mass is 10.1. The average Bonchev–Trinajstić information content (AvgIpc) is 3.00. The summed E-state index contributed by atoms with van der Waals surface area (Å²) in [6.07, 6.45) is 5.54. The standard InChI is InChI=1S/C17H16BrN3S/c18-13-6-4-12(5-7-13)14-10-22-17-15(14)16(19-11-20-17)21-8-2-1-3-9-21/h4-7,10-11H,1-3,8-9H2. The number of hydrogen-bond donors (Lipinski definition) is 0. The number of thiophene rings is 1. The first-order valence-corrected chi connectivity index (χ1v) is 9.23. The molecule has 1 aliphatic rings. The molecule has 0 aliphatic carbocycles. The molecule has 4 rings (SSSR count). The third-order valence-corrected chi connectivity index (χ3v) is 5.58. The Morgan fingerprint density at radius 3 is 2.55 bits per heavy atom. The molecule has 3 heterocycles. The third-order valence-electron chi connectivity index (χ3n) is 4.16. The molecule has 1 fully saturated rings. The Morgan fingerprint density at radius 1 is 1.00 bits per heavy atom. The molecule has 1 saturated heterocycles. The van der Waals surface area contributed by atoms with Gasteiger partial charge in [-0.2, -0.15) is 0 Å². The van der Waals surface area contributed by atoms with Gasteiger partial charge in [0.1, 0.15) is 17.0 Å². The zero-order valence-corrected chi connectivity index (χ0v) is 14.5. The monoisotopic (exact) mass is 373 g/mol. The maximum Gasteiger partial charge on any atom is 0.141 e. The van der Waals surface area contributed by atoms with Crippen molar-refractivity contribution in [2.45, 2.75) is 19.3 Å². The average molecular weight is 374 g/mol. The number of fused-ring (bicyclic) bond motifs is 1. The molecule has 0 amide bonds. The van der Waals surface area contributed by atoms with E-state index in [0.29, 0.717) is 0 Å². The van der Waals surface area contributed by atoms with Crippen molar-refractivity contribution in [1.82, 2.24) is 9.97 Å². The van der Waals surface area contributed by atoms with Crippen molar-refractivity contribution in [3.05, 3.63) is 40.4 Å². The van der Waals surface area contributed by atoms with Crippen molar-refractivity contribution in [2.24, 2.45) is 0 Å². The van der Waals surface area contributed by atoms with Gasteiger partial charge in [-0.1, -0.05) is 28.1 Å². The minimum atomic E-state index is 1.08. The Labute approximate surface area is 142 Å². The van der Waals surface area contributed by atoms with E-state index in [2.05, 4.69) is 60.4 Å². The summed E-state index contributed by atoms with van der Waals surface area (Å²) >= 11 is 5.21. The molecule has 5 heteroatoms. The van der Waals surface area contributed by atoms with Crippen molar-refractivity contribution in [1.29, 1.82) is 0 Å². The van der Waals surface area contributed by atoms with Crippen LogP contribution in [0.1, 0.15) is 19.3 Å². The summed E-state index contributed by atoms with van der Waals surface area (Å²) < 4.78 is 1.10. The zero-order chi connectivity index (χ0) is 14.9. The number of rotatable bonds is 2. The number of piperidine rings is 1. The summed E-state index contributed by atoms with van der Waals surface area (Å²) in [5, 5.41) is 3.41. The molecule has 3 nitrogen and oxygen atoms in total. The summed E-state index contributed by atoms with van der Waals surface area (Å²) in [6.45, 7) is 2.20. The molecule has 0 radical (unpaired) electrons. The number of anilines is 1. The first-order valence-electron chi connectivity index (χ1n) is 7.56. The molecule has 0 atom stereocenters. The molecule has 3 aromatic rings. The molecule has 2 aromatic heterocycles. The molecule has 1 aliphatic heterocycles. The van der Waals surface area contributed by atoms with Crippen LogP contribution >= 0.6 is 27.3 Å². The van der Waals surface area contributed by atoms with Crippen LogP contribution in [0, 0.1) is 0 Å². The second kappa shape index (κ2) is 5.97. The van der Waals surface area contributed by atoms with Gasteiger partial charge in [-0.3, -0.25) is 0 Å². The van der Waals surface area contributed by atoms with Crippen LogP contribution < -0.4 is 4.90 Å². The highest BCUT2D eigenvalue weighted by molar-refractivity contribution is 9.10. The summed E-state index contributed by atoms with van der Waals surface area (Å²) in [7, 11) is 0. The van der Waals surface area contributed by atoms with Crippen LogP contribution in [-0.4, -0.2) is 23.1 Å². The van der Waals surface area contributed by atoms with Gasteiger partial charge in [0.15, 0.2) is 0 Å². The first kappa shape index (κ1) is 14.2. The van der Waals surface area contributed by atoms with Gasteiger partial charge in [0.05, 0.1) is 5.39 Å². The van der Waals surface area contributed by atoms with Crippen LogP contribution in [-0.2, 0) is 0 Å². The fraction of sp³-hybridized carbons (Fsp3) is 0.294. The molecule has 0 N–H and O–H groups in total. The normalized spacial score (nSPS) is 15.4. The second-order valence-corrected chi connectivity index (χ2v) is 7.36. The molecular formula is C17H16BrN3S. The van der Waals surface area contributed by atoms with Crippen molar-refractivity contribution < 1.29 is 0 Å². The quantitative estimate of drug-likeness (QED) is 0.624. The molecule has 0 bridgehead atoms. The Morgan fingerprint density at radius 2 is 1.77 bits per heavy atom. The van der Waals surface area contributed by atoms with Crippen LogP contribution in [0.3, 0.4) is 0 Å². The fourth-order valence-corrected chi connectivity index (χ4v) is 4.22. The van der Waals surface area contributed by atoms with E-state index in [4.69, 9.17) is 0 Å². The van der Waals surface area contributed by atoms with Crippen LogP contribution in [0.2, 0.25) is 0 Å². The SMILES string of the molecule is Brc1ccc(-c2csc3ncnc(N4CCCCC4)c23)cc1. The smallest absolute Gasteiger partial charge is 0.141 e. The lowest BCUT2D eigenvalue weighted by Crippen LogP contribution is -2.30. The van der Waals surface area contributed by atoms with Crippen LogP contribution in [0.25, 0.3) is 21.3 Å². The van der Waals surface area contributed by atoms with Gasteiger partial charge in [-0.15, -0.1) is 11.3 Å². The first-order chi connectivity index (χ1) is 10.8. The maximum atomic E-state index is 4.62. The van der Waals surface area contributed by atoms with E-state index < -0.39 is 0 Å². The molecule has 22 heavy (non-hydrogen) atoms. The van der Waals surface area contributed by atoms with E-state index in [1.54, 1.807) is 17.7 Å². The predicted molar refractivity (Wildman–Crippen MR) is 96.6 cm³/mol. The van der Waals surface area contributed by atoms with Gasteiger partial charge in [-0.25, -0.2) is 9.97 Å². The lowest BCUT2D eigenvalue weighted by molar-refractivity contribution is 0.574. The Balaban J connectivity index is 1.87. The topological polar surface area (TPSA) is 29.0 Å². The minimum Gasteiger partial charge on any atom is -0.356 e. The van der Waals surface area contributed by atoms with Gasteiger partial charge < -0.3 is 4.90 Å². The number of hydrogen-bond acceptors (Lipinski definition) is 4. The highest BCUT2D eigenvalue weighted by Crippen LogP contribution is 2.38. The molecule has 1 aromatic carbocycles. The van der Waals surface area contributed by atoms with E-state index >= 15 is 0 Å². The summed E-state index contributed by atoms with van der Waals surface area (Å²) in [4.78, 5) is 12.6. The maximum absolute atomic E-state index is 4.62. The van der Waals surface area contributed by atoms with Crippen molar-refractivity contribution >= 4 is 43.3 Å². The molecular weight excluding hydrogens is 358 g/mol. The summed E-state index contributed by atoms with van der Waals surface area (Å²) in [5.74, 6) is 1.10. The number of benzene rings is 1. The summed E-state index contributed by atoms with van der Waals surface area (Å²) in [6, 6.07) is 8.48. The Kier molecular flexibility index (Phi) is 3.84. The van der Waals surface area contributed by atoms with Crippen LogP contribution in [0.5, 0.6) is 0 Å². The van der Waals surface area contributed by atoms with E-state index in [1.807, 2.05) is 0 Å². The molecule has 0 saturated carbocycles. The zero-order valence-electron chi connectivity index (χ0n) is 12.1. The highest BCUT2D eigenvalue weighted by atomic mass is 79.9. The van der Waals surface area contributed by atoms with E-state index in [-0.39, 0.29) is 0 Å². The molecule has 112 valence electrons. The number of aromatic nitrogens is 2. The minimum absolute atomic E-state index is 1.08. The van der Waals surface area contributed by atoms with Crippen LogP contribution in [0.4, 0.5) is 5.82 Å². The van der Waals surface area contributed by atoms with Gasteiger partial charge in [0.25, 0.3) is 0 Å². The van der Waals surface area contributed by atoms with E-state index in [9.17, 15) is 0 Å². The Hall–Kier alpha value is -1.46. The second-order valence-electron chi connectivity index (χ2n) is 5.58. The number of halogens is 1. The van der Waals surface area contributed by atoms with E-state index in [1.165, 1.54) is 35.8 Å². The van der Waals surface area contributed by atoms with Crippen molar-refractivity contribution in [3.63, 3.8) is 0 Å². The van der Waals surface area contributed by atoms with Crippen molar-refractivity contribution in [3.8, 4) is 11.1 Å². The highest BCUT2D eigenvalue weighted by Gasteiger charge is 2.19. The lowest BCUT2D eigenvalue weighted by Gasteiger charge is -2.28. The third kappa shape index (κ3) is 2.52. The fourth-order valence-electron chi connectivity index (χ4n) is 3.05. The number of nitrogens with zero attached hydrogens (tertiary/aromatic N) is 3. The summed E-state index contributed by atoms with van der Waals surface area (Å²) in [5.41, 5.74) is 2.47. The molecule has 0 unspecified atom stereocenters. The molecule has 0 spiro atoms. The largest absolute Gasteiger partial charge is 0.356 e. The van der Waals surface area contributed by atoms with Crippen molar-refractivity contribution in [2.75, 3.05) is 18.0 Å². The van der Waals surface area contributed by atoms with Gasteiger partial charge >= 0.3 is 0 Å². The van der Waals surface area contributed by atoms with Gasteiger partial charge in [0.2, 0.25) is 0 Å². The predicted octanol–water partition coefficient (Wildman–Crippen LogP) is 5.11. The van der Waals surface area contributed by atoms with Crippen LogP contribution in [0.15, 0.2) is 40.4 Å². The van der Waals surface area contributed by atoms with Gasteiger partial charge in [-0.05, 0) is 37.0 Å². The van der Waals surface area contributed by atoms with Gasteiger partial charge in [0, 0.05) is 28.5 Å².